The number of aryl methyl sites for hydroxylation is 1. The molecule has 1 aliphatic heterocycles. The summed E-state index contributed by atoms with van der Waals surface area (Å²) in [5.41, 5.74) is 4.22. The zero-order valence-corrected chi connectivity index (χ0v) is 15.7. The van der Waals surface area contributed by atoms with Crippen molar-refractivity contribution in [3.63, 3.8) is 0 Å². The van der Waals surface area contributed by atoms with E-state index in [1.54, 1.807) is 18.2 Å². The van der Waals surface area contributed by atoms with Gasteiger partial charge in [-0.3, -0.25) is 4.79 Å². The normalized spacial score (nSPS) is 18.8. The standard InChI is InChI=1S/C20H18FN3O3S/c21-12-1-4-18-15(9-12)16-10-13(2-5-19(16)22-18)24-28(26,27)14-3-6-17-11(7-14)8-20(25)23-17/h1,3-4,6-7,9,13,22,24H,2,5,8,10H2,(H,23,25). The number of halogens is 1. The summed E-state index contributed by atoms with van der Waals surface area (Å²) in [7, 11) is -3.72. The number of benzene rings is 2. The number of aromatic nitrogens is 1. The van der Waals surface area contributed by atoms with Crippen LogP contribution in [0.4, 0.5) is 10.1 Å². The van der Waals surface area contributed by atoms with E-state index in [4.69, 9.17) is 0 Å². The van der Waals surface area contributed by atoms with Gasteiger partial charge in [-0.1, -0.05) is 0 Å². The van der Waals surface area contributed by atoms with Crippen LogP contribution in [0.3, 0.4) is 0 Å². The molecular weight excluding hydrogens is 381 g/mol. The molecule has 144 valence electrons. The van der Waals surface area contributed by atoms with E-state index in [1.807, 2.05) is 0 Å². The molecule has 5 rings (SSSR count). The number of nitrogens with one attached hydrogen (secondary N) is 3. The molecule has 1 aliphatic carbocycles. The van der Waals surface area contributed by atoms with E-state index < -0.39 is 10.0 Å². The molecule has 1 amide bonds. The maximum absolute atomic E-state index is 13.7. The average molecular weight is 399 g/mol. The van der Waals surface area contributed by atoms with Crippen LogP contribution in [-0.4, -0.2) is 25.4 Å². The first kappa shape index (κ1) is 17.4. The van der Waals surface area contributed by atoms with Gasteiger partial charge in [0.25, 0.3) is 0 Å². The van der Waals surface area contributed by atoms with Crippen LogP contribution < -0.4 is 10.0 Å². The molecule has 0 radical (unpaired) electrons. The fraction of sp³-hybridized carbons (Fsp3) is 0.250. The largest absolute Gasteiger partial charge is 0.358 e. The highest BCUT2D eigenvalue weighted by Crippen LogP contribution is 2.31. The molecule has 0 spiro atoms. The third-order valence-electron chi connectivity index (χ3n) is 5.48. The van der Waals surface area contributed by atoms with Crippen LogP contribution >= 0.6 is 0 Å². The van der Waals surface area contributed by atoms with Crippen molar-refractivity contribution in [2.24, 2.45) is 0 Å². The molecule has 6 nitrogen and oxygen atoms in total. The second-order valence-corrected chi connectivity index (χ2v) is 9.09. The minimum Gasteiger partial charge on any atom is -0.358 e. The molecule has 1 aromatic heterocycles. The number of anilines is 1. The number of hydrogen-bond acceptors (Lipinski definition) is 3. The van der Waals surface area contributed by atoms with E-state index in [1.165, 1.54) is 18.2 Å². The highest BCUT2D eigenvalue weighted by Gasteiger charge is 2.28. The van der Waals surface area contributed by atoms with Crippen molar-refractivity contribution >= 4 is 32.5 Å². The van der Waals surface area contributed by atoms with Crippen LogP contribution in [0.2, 0.25) is 0 Å². The number of carbonyl (C=O) groups is 1. The molecule has 2 heterocycles. The first-order chi connectivity index (χ1) is 13.4. The van der Waals surface area contributed by atoms with E-state index in [0.717, 1.165) is 22.2 Å². The first-order valence-electron chi connectivity index (χ1n) is 9.13. The Hall–Kier alpha value is -2.71. The quantitative estimate of drug-likeness (QED) is 0.632. The highest BCUT2D eigenvalue weighted by atomic mass is 32.2. The van der Waals surface area contributed by atoms with Crippen molar-refractivity contribution in [1.82, 2.24) is 9.71 Å². The molecule has 28 heavy (non-hydrogen) atoms. The molecule has 0 saturated carbocycles. The van der Waals surface area contributed by atoms with E-state index in [9.17, 15) is 17.6 Å². The van der Waals surface area contributed by atoms with E-state index >= 15 is 0 Å². The molecule has 0 fully saturated rings. The second-order valence-electron chi connectivity index (χ2n) is 7.38. The van der Waals surface area contributed by atoms with Crippen LogP contribution in [0.15, 0.2) is 41.3 Å². The van der Waals surface area contributed by atoms with Crippen molar-refractivity contribution in [1.29, 1.82) is 0 Å². The number of amides is 1. The number of fused-ring (bicyclic) bond motifs is 4. The van der Waals surface area contributed by atoms with Crippen molar-refractivity contribution in [2.45, 2.75) is 36.6 Å². The SMILES string of the molecule is O=C1Cc2cc(S(=O)(=O)NC3CCc4[nH]c5ccc(F)cc5c4C3)ccc2N1. The summed E-state index contributed by atoms with van der Waals surface area (Å²) >= 11 is 0. The van der Waals surface area contributed by atoms with Gasteiger partial charge >= 0.3 is 0 Å². The lowest BCUT2D eigenvalue weighted by Gasteiger charge is -2.23. The number of rotatable bonds is 3. The highest BCUT2D eigenvalue weighted by molar-refractivity contribution is 7.89. The Labute approximate surface area is 161 Å². The third-order valence-corrected chi connectivity index (χ3v) is 7.00. The Morgan fingerprint density at radius 2 is 2.00 bits per heavy atom. The maximum Gasteiger partial charge on any atom is 0.240 e. The summed E-state index contributed by atoms with van der Waals surface area (Å²) in [6.45, 7) is 0. The fourth-order valence-electron chi connectivity index (χ4n) is 4.15. The summed E-state index contributed by atoms with van der Waals surface area (Å²) < 4.78 is 42.2. The van der Waals surface area contributed by atoms with Gasteiger partial charge in [0.15, 0.2) is 0 Å². The predicted octanol–water partition coefficient (Wildman–Crippen LogP) is 2.64. The minimum absolute atomic E-state index is 0.135. The van der Waals surface area contributed by atoms with E-state index in [-0.39, 0.29) is 29.1 Å². The van der Waals surface area contributed by atoms with Gasteiger partial charge < -0.3 is 10.3 Å². The van der Waals surface area contributed by atoms with Crippen LogP contribution in [0.1, 0.15) is 23.2 Å². The van der Waals surface area contributed by atoms with Gasteiger partial charge in [-0.25, -0.2) is 17.5 Å². The van der Waals surface area contributed by atoms with Gasteiger partial charge in [0.1, 0.15) is 5.82 Å². The van der Waals surface area contributed by atoms with Crippen LogP contribution in [-0.2, 0) is 34.1 Å². The topological polar surface area (TPSA) is 91.1 Å². The molecule has 1 atom stereocenters. The Morgan fingerprint density at radius 1 is 1.14 bits per heavy atom. The lowest BCUT2D eigenvalue weighted by Crippen LogP contribution is -2.38. The zero-order chi connectivity index (χ0) is 19.5. The summed E-state index contributed by atoms with van der Waals surface area (Å²) in [5.74, 6) is -0.442. The Bertz CT molecular complexity index is 1230. The molecule has 1 unspecified atom stereocenters. The number of sulfonamides is 1. The average Bonchev–Trinajstić information content (AvgIpc) is 3.19. The predicted molar refractivity (Wildman–Crippen MR) is 103 cm³/mol. The van der Waals surface area contributed by atoms with Crippen molar-refractivity contribution in [3.8, 4) is 0 Å². The van der Waals surface area contributed by atoms with Crippen molar-refractivity contribution in [3.05, 3.63) is 59.0 Å². The van der Waals surface area contributed by atoms with Gasteiger partial charge in [0.2, 0.25) is 15.9 Å². The maximum atomic E-state index is 13.7. The number of aromatic amines is 1. The molecule has 0 bridgehead atoms. The Morgan fingerprint density at radius 3 is 2.86 bits per heavy atom. The van der Waals surface area contributed by atoms with Crippen molar-refractivity contribution in [2.75, 3.05) is 5.32 Å². The van der Waals surface area contributed by atoms with Gasteiger partial charge in [-0.05, 0) is 66.8 Å². The molecule has 2 aliphatic rings. The van der Waals surface area contributed by atoms with Gasteiger partial charge in [-0.2, -0.15) is 0 Å². The van der Waals surface area contributed by atoms with Crippen LogP contribution in [0, 0.1) is 5.82 Å². The molecule has 3 aromatic rings. The summed E-state index contributed by atoms with van der Waals surface area (Å²) in [6.07, 6.45) is 2.04. The minimum atomic E-state index is -3.72. The number of H-pyrrole nitrogens is 1. The fourth-order valence-corrected chi connectivity index (χ4v) is 5.47. The first-order valence-corrected chi connectivity index (χ1v) is 10.6. The summed E-state index contributed by atoms with van der Waals surface area (Å²) in [4.78, 5) is 15.0. The molecule has 8 heteroatoms. The summed E-state index contributed by atoms with van der Waals surface area (Å²) in [5, 5.41) is 3.51. The van der Waals surface area contributed by atoms with Crippen LogP contribution in [0.25, 0.3) is 10.9 Å². The number of carbonyl (C=O) groups excluding carboxylic acids is 1. The number of hydrogen-bond donors (Lipinski definition) is 3. The zero-order valence-electron chi connectivity index (χ0n) is 14.9. The summed E-state index contributed by atoms with van der Waals surface area (Å²) in [6, 6.07) is 9.02. The van der Waals surface area contributed by atoms with Crippen LogP contribution in [0.5, 0.6) is 0 Å². The smallest absolute Gasteiger partial charge is 0.240 e. The lowest BCUT2D eigenvalue weighted by atomic mass is 9.92. The van der Waals surface area contributed by atoms with E-state index in [2.05, 4.69) is 15.0 Å². The third kappa shape index (κ3) is 2.89. The van der Waals surface area contributed by atoms with E-state index in [0.29, 0.717) is 30.5 Å². The van der Waals surface area contributed by atoms with Gasteiger partial charge in [-0.15, -0.1) is 0 Å². The lowest BCUT2D eigenvalue weighted by molar-refractivity contribution is -0.115. The molecular formula is C20H18FN3O3S. The monoisotopic (exact) mass is 399 g/mol. The Balaban J connectivity index is 1.41. The van der Waals surface area contributed by atoms with Gasteiger partial charge in [0.05, 0.1) is 11.3 Å². The second kappa shape index (κ2) is 6.15. The van der Waals surface area contributed by atoms with Gasteiger partial charge in [0, 0.05) is 28.3 Å². The van der Waals surface area contributed by atoms with Crippen molar-refractivity contribution < 1.29 is 17.6 Å². The Kier molecular flexibility index (Phi) is 3.82. The molecule has 0 saturated heterocycles. The molecule has 2 aromatic carbocycles. The molecule has 3 N–H and O–H groups in total.